The minimum Gasteiger partial charge on any atom is -0.497 e. The molecule has 1 aliphatic heterocycles. The van der Waals surface area contributed by atoms with Crippen molar-refractivity contribution in [2.75, 3.05) is 7.11 Å². The van der Waals surface area contributed by atoms with E-state index in [1.807, 2.05) is 37.3 Å². The molecule has 0 unspecified atom stereocenters. The van der Waals surface area contributed by atoms with E-state index in [9.17, 15) is 18.8 Å². The Hall–Kier alpha value is -4.92. The second-order valence-corrected chi connectivity index (χ2v) is 8.61. The largest absolute Gasteiger partial charge is 0.497 e. The Morgan fingerprint density at radius 1 is 0.973 bits per heavy atom. The molecular weight excluding hydrogens is 475 g/mol. The van der Waals surface area contributed by atoms with E-state index in [1.165, 1.54) is 35.0 Å². The number of aromatic nitrogens is 2. The maximum Gasteiger partial charge on any atom is 0.329 e. The standard InChI is InChI=1S/C28H23FN4O4/c1-17-6-12-21(13-7-17)33-26(34)23(25(31-33)19-4-3-5-22(14-19)37-2)15-24-27(35)32(28(36)30-24)16-18-8-10-20(29)11-9-18/h3-15,31H,16H2,1-2H3,(H,30,36). The monoisotopic (exact) mass is 498 g/mol. The fourth-order valence-corrected chi connectivity index (χ4v) is 4.09. The molecule has 0 aliphatic carbocycles. The van der Waals surface area contributed by atoms with Crippen molar-refractivity contribution in [1.29, 1.82) is 0 Å². The first kappa shape index (κ1) is 23.8. The number of urea groups is 1. The summed E-state index contributed by atoms with van der Waals surface area (Å²) in [5.41, 5.74) is 3.12. The van der Waals surface area contributed by atoms with Gasteiger partial charge in [-0.05, 0) is 55.0 Å². The Kier molecular flexibility index (Phi) is 6.19. The van der Waals surface area contributed by atoms with Crippen LogP contribution in [0.25, 0.3) is 23.0 Å². The molecule has 2 heterocycles. The van der Waals surface area contributed by atoms with Gasteiger partial charge in [-0.1, -0.05) is 42.0 Å². The van der Waals surface area contributed by atoms with Crippen LogP contribution < -0.4 is 15.6 Å². The molecule has 4 aromatic rings. The second kappa shape index (κ2) is 9.62. The van der Waals surface area contributed by atoms with E-state index < -0.39 is 23.3 Å². The molecule has 1 aliphatic rings. The molecule has 9 heteroatoms. The highest BCUT2D eigenvalue weighted by Crippen LogP contribution is 2.27. The van der Waals surface area contributed by atoms with Crippen LogP contribution in [0, 0.1) is 12.7 Å². The van der Waals surface area contributed by atoms with Gasteiger partial charge in [0.15, 0.2) is 0 Å². The number of hydrogen-bond acceptors (Lipinski definition) is 4. The average molecular weight is 499 g/mol. The zero-order valence-electron chi connectivity index (χ0n) is 20.1. The molecule has 0 radical (unpaired) electrons. The van der Waals surface area contributed by atoms with Gasteiger partial charge in [0, 0.05) is 5.56 Å². The van der Waals surface area contributed by atoms with E-state index in [2.05, 4.69) is 10.4 Å². The number of H-pyrrole nitrogens is 1. The molecule has 1 saturated heterocycles. The number of nitrogens with one attached hydrogen (secondary N) is 2. The highest BCUT2D eigenvalue weighted by atomic mass is 19.1. The summed E-state index contributed by atoms with van der Waals surface area (Å²) in [6, 6.07) is 19.5. The van der Waals surface area contributed by atoms with E-state index in [4.69, 9.17) is 4.74 Å². The van der Waals surface area contributed by atoms with Gasteiger partial charge in [-0.3, -0.25) is 19.6 Å². The molecule has 3 amide bonds. The molecule has 8 nitrogen and oxygen atoms in total. The molecule has 5 rings (SSSR count). The number of aryl methyl sites for hydroxylation is 1. The molecule has 0 saturated carbocycles. The number of carbonyl (C=O) groups is 2. The lowest BCUT2D eigenvalue weighted by molar-refractivity contribution is -0.123. The number of methoxy groups -OCH3 is 1. The number of ether oxygens (including phenoxy) is 1. The summed E-state index contributed by atoms with van der Waals surface area (Å²) >= 11 is 0. The van der Waals surface area contributed by atoms with Crippen molar-refractivity contribution in [2.45, 2.75) is 13.5 Å². The maximum atomic E-state index is 13.6. The first-order valence-electron chi connectivity index (χ1n) is 11.5. The van der Waals surface area contributed by atoms with E-state index in [0.29, 0.717) is 28.3 Å². The predicted molar refractivity (Wildman–Crippen MR) is 137 cm³/mol. The summed E-state index contributed by atoms with van der Waals surface area (Å²) in [6.07, 6.45) is 1.38. The van der Waals surface area contributed by atoms with Crippen LogP contribution in [0.4, 0.5) is 9.18 Å². The third kappa shape index (κ3) is 4.66. The second-order valence-electron chi connectivity index (χ2n) is 8.61. The number of imide groups is 1. The van der Waals surface area contributed by atoms with E-state index in [-0.39, 0.29) is 17.8 Å². The summed E-state index contributed by atoms with van der Waals surface area (Å²) in [5.74, 6) is -0.409. The molecule has 186 valence electrons. The van der Waals surface area contributed by atoms with Gasteiger partial charge in [-0.15, -0.1) is 0 Å². The van der Waals surface area contributed by atoms with Gasteiger partial charge in [-0.25, -0.2) is 13.9 Å². The fourth-order valence-electron chi connectivity index (χ4n) is 4.09. The first-order valence-corrected chi connectivity index (χ1v) is 11.5. The normalized spacial score (nSPS) is 14.4. The number of carbonyl (C=O) groups excluding carboxylic acids is 2. The van der Waals surface area contributed by atoms with Crippen molar-refractivity contribution in [3.05, 3.63) is 111 Å². The van der Waals surface area contributed by atoms with Crippen LogP contribution in [-0.2, 0) is 11.3 Å². The number of hydrogen-bond donors (Lipinski definition) is 2. The molecule has 3 aromatic carbocycles. The summed E-state index contributed by atoms with van der Waals surface area (Å²) in [6.45, 7) is 1.91. The number of nitrogens with zero attached hydrogens (tertiary/aromatic N) is 2. The lowest BCUT2D eigenvalue weighted by Crippen LogP contribution is -2.30. The third-order valence-electron chi connectivity index (χ3n) is 6.08. The Balaban J connectivity index is 1.58. The molecule has 0 atom stereocenters. The highest BCUT2D eigenvalue weighted by molar-refractivity contribution is 6.14. The number of halogens is 1. The Morgan fingerprint density at radius 2 is 1.70 bits per heavy atom. The van der Waals surface area contributed by atoms with Crippen LogP contribution in [0.15, 0.2) is 83.3 Å². The number of amides is 3. The van der Waals surface area contributed by atoms with Crippen LogP contribution in [0.3, 0.4) is 0 Å². The summed E-state index contributed by atoms with van der Waals surface area (Å²) in [5, 5.41) is 5.70. The van der Waals surface area contributed by atoms with Crippen molar-refractivity contribution in [1.82, 2.24) is 20.0 Å². The Bertz CT molecular complexity index is 1580. The van der Waals surface area contributed by atoms with Gasteiger partial charge in [-0.2, -0.15) is 0 Å². The lowest BCUT2D eigenvalue weighted by atomic mass is 10.1. The van der Waals surface area contributed by atoms with E-state index >= 15 is 0 Å². The average Bonchev–Trinajstić information content (AvgIpc) is 3.37. The quantitative estimate of drug-likeness (QED) is 0.305. The van der Waals surface area contributed by atoms with Crippen molar-refractivity contribution in [3.8, 4) is 22.7 Å². The van der Waals surface area contributed by atoms with Crippen LogP contribution in [0.5, 0.6) is 5.75 Å². The van der Waals surface area contributed by atoms with Gasteiger partial charge < -0.3 is 10.1 Å². The third-order valence-corrected chi connectivity index (χ3v) is 6.08. The highest BCUT2D eigenvalue weighted by Gasteiger charge is 2.34. The zero-order valence-corrected chi connectivity index (χ0v) is 20.1. The van der Waals surface area contributed by atoms with Gasteiger partial charge >= 0.3 is 6.03 Å². The number of benzene rings is 3. The smallest absolute Gasteiger partial charge is 0.329 e. The van der Waals surface area contributed by atoms with Crippen LogP contribution in [-0.4, -0.2) is 33.7 Å². The summed E-state index contributed by atoms with van der Waals surface area (Å²) in [7, 11) is 1.55. The molecule has 0 bridgehead atoms. The van der Waals surface area contributed by atoms with Gasteiger partial charge in [0.05, 0.1) is 30.6 Å². The van der Waals surface area contributed by atoms with Crippen LogP contribution in [0.2, 0.25) is 0 Å². The van der Waals surface area contributed by atoms with E-state index in [1.54, 1.807) is 25.3 Å². The fraction of sp³-hybridized carbons (Fsp3) is 0.107. The minimum atomic E-state index is -0.627. The summed E-state index contributed by atoms with van der Waals surface area (Å²) in [4.78, 5) is 40.3. The SMILES string of the molecule is COc1cccc(-c2[nH]n(-c3ccc(C)cc3)c(=O)c2C=C2NC(=O)N(Cc3ccc(F)cc3)C2=O)c1. The Morgan fingerprint density at radius 3 is 2.41 bits per heavy atom. The molecule has 1 fully saturated rings. The molecule has 0 spiro atoms. The van der Waals surface area contributed by atoms with Crippen LogP contribution in [0.1, 0.15) is 16.7 Å². The van der Waals surface area contributed by atoms with E-state index in [0.717, 1.165) is 10.5 Å². The molecule has 37 heavy (non-hydrogen) atoms. The Labute approximate surface area is 211 Å². The predicted octanol–water partition coefficient (Wildman–Crippen LogP) is 4.38. The molecule has 2 N–H and O–H groups in total. The first-order chi connectivity index (χ1) is 17.8. The van der Waals surface area contributed by atoms with Crippen molar-refractivity contribution < 1.29 is 18.7 Å². The molecule has 1 aromatic heterocycles. The lowest BCUT2D eigenvalue weighted by Gasteiger charge is -2.11. The van der Waals surface area contributed by atoms with Gasteiger partial charge in [0.1, 0.15) is 17.3 Å². The van der Waals surface area contributed by atoms with Crippen molar-refractivity contribution in [3.63, 3.8) is 0 Å². The minimum absolute atomic E-state index is 0.0359. The zero-order chi connectivity index (χ0) is 26.1. The van der Waals surface area contributed by atoms with Crippen molar-refractivity contribution in [2.24, 2.45) is 0 Å². The molecular formula is C28H23FN4O4. The number of rotatable bonds is 6. The van der Waals surface area contributed by atoms with Crippen LogP contribution >= 0.6 is 0 Å². The van der Waals surface area contributed by atoms with Crippen molar-refractivity contribution >= 4 is 18.0 Å². The maximum absolute atomic E-state index is 13.6. The topological polar surface area (TPSA) is 96.4 Å². The van der Waals surface area contributed by atoms with Gasteiger partial charge in [0.25, 0.3) is 11.5 Å². The van der Waals surface area contributed by atoms with Gasteiger partial charge in [0.2, 0.25) is 0 Å². The summed E-state index contributed by atoms with van der Waals surface area (Å²) < 4.78 is 20.0. The number of aromatic amines is 1.